The fourth-order valence-electron chi connectivity index (χ4n) is 2.43. The molecule has 0 saturated carbocycles. The van der Waals surface area contributed by atoms with E-state index >= 15 is 0 Å². The molecule has 0 spiro atoms. The molecule has 27 heavy (non-hydrogen) atoms. The fourth-order valence-corrected chi connectivity index (χ4v) is 3.66. The molecule has 0 bridgehead atoms. The van der Waals surface area contributed by atoms with Gasteiger partial charge in [0, 0.05) is 25.2 Å². The number of hydrogen-bond donors (Lipinski definition) is 0. The van der Waals surface area contributed by atoms with Crippen molar-refractivity contribution in [3.05, 3.63) is 80.7 Å². The van der Waals surface area contributed by atoms with Crippen LogP contribution in [0.5, 0.6) is 0 Å². The van der Waals surface area contributed by atoms with Crippen molar-refractivity contribution < 1.29 is 13.3 Å². The highest BCUT2D eigenvalue weighted by molar-refractivity contribution is 7.95. The molecule has 0 unspecified atom stereocenters. The van der Waals surface area contributed by atoms with Crippen molar-refractivity contribution in [2.45, 2.75) is 6.54 Å². The van der Waals surface area contributed by atoms with Crippen molar-refractivity contribution in [1.29, 1.82) is 5.26 Å². The molecule has 7 nitrogen and oxygen atoms in total. The number of rotatable bonds is 8. The van der Waals surface area contributed by atoms with Crippen LogP contribution in [0.2, 0.25) is 0 Å². The first kappa shape index (κ1) is 20.3. The molecule has 0 heterocycles. The summed E-state index contributed by atoms with van der Waals surface area (Å²) in [6, 6.07) is 16.8. The summed E-state index contributed by atoms with van der Waals surface area (Å²) in [6.45, 7) is 0.845. The minimum atomic E-state index is -3.80. The molecule has 8 heteroatoms. The van der Waals surface area contributed by atoms with Crippen LogP contribution >= 0.6 is 0 Å². The highest BCUT2D eigenvalue weighted by Gasteiger charge is 2.19. The molecule has 0 amide bonds. The number of hydrogen-bond acceptors (Lipinski definition) is 6. The van der Waals surface area contributed by atoms with Gasteiger partial charge in [-0.2, -0.15) is 5.26 Å². The van der Waals surface area contributed by atoms with E-state index in [2.05, 4.69) is 0 Å². The first-order valence-corrected chi connectivity index (χ1v) is 9.78. The van der Waals surface area contributed by atoms with E-state index in [1.54, 1.807) is 13.1 Å². The first-order valence-electron chi connectivity index (χ1n) is 8.13. The third-order valence-electron chi connectivity index (χ3n) is 3.86. The van der Waals surface area contributed by atoms with Crippen LogP contribution in [0.4, 0.5) is 5.69 Å². The lowest BCUT2D eigenvalue weighted by atomic mass is 10.2. The van der Waals surface area contributed by atoms with E-state index in [-0.39, 0.29) is 18.0 Å². The second-order valence-electron chi connectivity index (χ2n) is 6.01. The zero-order valence-corrected chi connectivity index (χ0v) is 15.6. The number of nitro groups is 1. The van der Waals surface area contributed by atoms with Gasteiger partial charge in [-0.1, -0.05) is 42.5 Å². The van der Waals surface area contributed by atoms with Gasteiger partial charge in [0.15, 0.2) is 9.84 Å². The van der Waals surface area contributed by atoms with Gasteiger partial charge in [0.05, 0.1) is 10.7 Å². The van der Waals surface area contributed by atoms with Gasteiger partial charge in [0.25, 0.3) is 5.69 Å². The molecule has 2 aromatic carbocycles. The highest BCUT2D eigenvalue weighted by Crippen LogP contribution is 2.18. The summed E-state index contributed by atoms with van der Waals surface area (Å²) in [7, 11) is -2.00. The normalized spacial score (nSPS) is 12.0. The van der Waals surface area contributed by atoms with Crippen LogP contribution in [0.1, 0.15) is 11.1 Å². The smallest absolute Gasteiger partial charge is 0.270 e. The Kier molecular flexibility index (Phi) is 6.82. The molecule has 140 valence electrons. The van der Waals surface area contributed by atoms with Crippen LogP contribution in [0.15, 0.2) is 59.5 Å². The van der Waals surface area contributed by atoms with Crippen molar-refractivity contribution in [2.75, 3.05) is 19.3 Å². The van der Waals surface area contributed by atoms with Crippen molar-refractivity contribution in [1.82, 2.24) is 4.90 Å². The van der Waals surface area contributed by atoms with Gasteiger partial charge in [0.1, 0.15) is 11.0 Å². The van der Waals surface area contributed by atoms with Crippen LogP contribution in [-0.2, 0) is 16.4 Å². The Morgan fingerprint density at radius 3 is 2.56 bits per heavy atom. The third-order valence-corrected chi connectivity index (χ3v) is 5.46. The number of nitro benzene ring substituents is 1. The maximum Gasteiger partial charge on any atom is 0.270 e. The van der Waals surface area contributed by atoms with E-state index in [1.165, 1.54) is 30.3 Å². The van der Waals surface area contributed by atoms with Crippen molar-refractivity contribution >= 4 is 21.6 Å². The first-order chi connectivity index (χ1) is 12.8. The summed E-state index contributed by atoms with van der Waals surface area (Å²) in [6.07, 6.45) is 1.17. The Morgan fingerprint density at radius 2 is 1.93 bits per heavy atom. The van der Waals surface area contributed by atoms with Gasteiger partial charge >= 0.3 is 0 Å². The van der Waals surface area contributed by atoms with Crippen LogP contribution in [-0.4, -0.2) is 37.6 Å². The lowest BCUT2D eigenvalue weighted by Gasteiger charge is -2.16. The second kappa shape index (κ2) is 9.07. The topological polar surface area (TPSA) is 104 Å². The van der Waals surface area contributed by atoms with E-state index in [4.69, 9.17) is 0 Å². The zero-order chi connectivity index (χ0) is 19.9. The molecule has 0 aliphatic rings. The summed E-state index contributed by atoms with van der Waals surface area (Å²) in [5.74, 6) is -0.218. The van der Waals surface area contributed by atoms with Gasteiger partial charge in [-0.25, -0.2) is 8.42 Å². The van der Waals surface area contributed by atoms with Gasteiger partial charge < -0.3 is 4.90 Å². The average molecular weight is 385 g/mol. The standard InChI is InChI=1S/C19H19N3O4S/c1-21(15-16-6-3-2-4-7-16)10-11-27(25,26)19(14-20)13-17-8-5-9-18(12-17)22(23)24/h2-9,12-13H,10-11,15H2,1H3. The molecule has 0 aromatic heterocycles. The Balaban J connectivity index is 2.10. The SMILES string of the molecule is CN(CCS(=O)(=O)C(C#N)=Cc1cccc([N+](=O)[O-])c1)Cc1ccccc1. The summed E-state index contributed by atoms with van der Waals surface area (Å²) < 4.78 is 25.0. The predicted molar refractivity (Wildman–Crippen MR) is 103 cm³/mol. The van der Waals surface area contributed by atoms with Gasteiger partial charge in [-0.05, 0) is 24.3 Å². The predicted octanol–water partition coefficient (Wildman–Crippen LogP) is 3.01. The van der Waals surface area contributed by atoms with Crippen molar-refractivity contribution in [3.63, 3.8) is 0 Å². The lowest BCUT2D eigenvalue weighted by molar-refractivity contribution is -0.384. The van der Waals surface area contributed by atoms with Gasteiger partial charge in [0.2, 0.25) is 0 Å². The molecule has 0 atom stereocenters. The number of benzene rings is 2. The maximum absolute atomic E-state index is 12.5. The van der Waals surface area contributed by atoms with E-state index in [0.717, 1.165) is 5.56 Å². The molecule has 0 aliphatic heterocycles. The van der Waals surface area contributed by atoms with Crippen LogP contribution in [0.25, 0.3) is 6.08 Å². The molecule has 0 radical (unpaired) electrons. The number of sulfone groups is 1. The Bertz CT molecular complexity index is 980. The van der Waals surface area contributed by atoms with Crippen LogP contribution in [0.3, 0.4) is 0 Å². The largest absolute Gasteiger partial charge is 0.301 e. The maximum atomic E-state index is 12.5. The number of nitrogens with zero attached hydrogens (tertiary/aromatic N) is 3. The van der Waals surface area contributed by atoms with Gasteiger partial charge in [-0.15, -0.1) is 0 Å². The summed E-state index contributed by atoms with van der Waals surface area (Å²) in [5, 5.41) is 20.1. The lowest BCUT2D eigenvalue weighted by Crippen LogP contribution is -2.25. The monoisotopic (exact) mass is 385 g/mol. The average Bonchev–Trinajstić information content (AvgIpc) is 2.65. The van der Waals surface area contributed by atoms with Crippen molar-refractivity contribution in [2.24, 2.45) is 0 Å². The van der Waals surface area contributed by atoms with Crippen LogP contribution in [0, 0.1) is 21.4 Å². The van der Waals surface area contributed by atoms with Crippen molar-refractivity contribution in [3.8, 4) is 6.07 Å². The number of non-ortho nitro benzene ring substituents is 1. The Morgan fingerprint density at radius 1 is 1.22 bits per heavy atom. The van der Waals surface area contributed by atoms with E-state index in [0.29, 0.717) is 12.1 Å². The third kappa shape index (κ3) is 6.02. The molecule has 0 N–H and O–H groups in total. The van der Waals surface area contributed by atoms with E-state index < -0.39 is 19.7 Å². The minimum Gasteiger partial charge on any atom is -0.301 e. The van der Waals surface area contributed by atoms with E-state index in [9.17, 15) is 23.8 Å². The molecular formula is C19H19N3O4S. The van der Waals surface area contributed by atoms with Gasteiger partial charge in [-0.3, -0.25) is 10.1 Å². The zero-order valence-electron chi connectivity index (χ0n) is 14.8. The quantitative estimate of drug-likeness (QED) is 0.393. The number of nitriles is 1. The molecule has 0 fully saturated rings. The minimum absolute atomic E-state index is 0.166. The summed E-state index contributed by atoms with van der Waals surface area (Å²) in [4.78, 5) is 11.7. The summed E-state index contributed by atoms with van der Waals surface area (Å²) in [5.41, 5.74) is 1.19. The number of allylic oxidation sites excluding steroid dienone is 1. The molecular weight excluding hydrogens is 366 g/mol. The highest BCUT2D eigenvalue weighted by atomic mass is 32.2. The molecule has 2 aromatic rings. The molecule has 0 saturated heterocycles. The molecule has 0 aliphatic carbocycles. The van der Waals surface area contributed by atoms with E-state index in [1.807, 2.05) is 35.2 Å². The fraction of sp³-hybridized carbons (Fsp3) is 0.211. The summed E-state index contributed by atoms with van der Waals surface area (Å²) >= 11 is 0. The second-order valence-corrected chi connectivity index (χ2v) is 8.09. The Hall–Kier alpha value is -3.02. The Labute approximate surface area is 158 Å². The van der Waals surface area contributed by atoms with Crippen LogP contribution < -0.4 is 0 Å². The molecule has 2 rings (SSSR count).